The summed E-state index contributed by atoms with van der Waals surface area (Å²) in [6, 6.07) is 27.9. The molecule has 0 aliphatic heterocycles. The number of anilines is 1. The van der Waals surface area contributed by atoms with Gasteiger partial charge in [-0.25, -0.2) is 12.8 Å². The van der Waals surface area contributed by atoms with Crippen molar-refractivity contribution in [2.24, 2.45) is 0 Å². The Morgan fingerprint density at radius 2 is 1.39 bits per heavy atom. The van der Waals surface area contributed by atoms with Crippen LogP contribution in [0.4, 0.5) is 10.1 Å². The highest BCUT2D eigenvalue weighted by atomic mass is 32.2. The van der Waals surface area contributed by atoms with Crippen molar-refractivity contribution in [3.63, 3.8) is 0 Å². The maximum absolute atomic E-state index is 14.0. The monoisotopic (exact) mass is 617 g/mol. The molecule has 2 amide bonds. The minimum atomic E-state index is -4.21. The maximum Gasteiger partial charge on any atom is 0.264 e. The van der Waals surface area contributed by atoms with E-state index in [1.54, 1.807) is 61.5 Å². The maximum atomic E-state index is 14.0. The smallest absolute Gasteiger partial charge is 0.264 e. The zero-order chi connectivity index (χ0) is 31.7. The number of rotatable bonds is 13. The zero-order valence-corrected chi connectivity index (χ0v) is 25.7. The Bertz CT molecular complexity index is 1630. The molecule has 0 fully saturated rings. The summed E-state index contributed by atoms with van der Waals surface area (Å²) < 4.78 is 48.4. The molecule has 0 unspecified atom stereocenters. The van der Waals surface area contributed by atoms with Crippen molar-refractivity contribution in [2.75, 3.05) is 10.8 Å². The summed E-state index contributed by atoms with van der Waals surface area (Å²) in [4.78, 5) is 28.5. The Morgan fingerprint density at radius 3 is 1.98 bits per heavy atom. The summed E-state index contributed by atoms with van der Waals surface area (Å²) in [5.41, 5.74) is 0.823. The molecule has 4 rings (SSSR count). The zero-order valence-electron chi connectivity index (χ0n) is 24.9. The van der Waals surface area contributed by atoms with E-state index < -0.39 is 34.3 Å². The highest BCUT2D eigenvalue weighted by molar-refractivity contribution is 7.92. The lowest BCUT2D eigenvalue weighted by molar-refractivity contribution is -0.139. The lowest BCUT2D eigenvalue weighted by atomic mass is 10.1. The predicted octanol–water partition coefficient (Wildman–Crippen LogP) is 6.15. The third-order valence-corrected chi connectivity index (χ3v) is 8.94. The number of halogens is 1. The van der Waals surface area contributed by atoms with Gasteiger partial charge in [-0.05, 0) is 86.5 Å². The van der Waals surface area contributed by atoms with Crippen LogP contribution in [-0.2, 0) is 26.2 Å². The fraction of sp³-hybridized carbons (Fsp3) is 0.235. The number of sulfonamides is 1. The van der Waals surface area contributed by atoms with E-state index in [1.807, 2.05) is 32.0 Å². The number of carbonyl (C=O) groups excluding carboxylic acids is 2. The molecule has 0 radical (unpaired) electrons. The van der Waals surface area contributed by atoms with Gasteiger partial charge in [-0.15, -0.1) is 0 Å². The van der Waals surface area contributed by atoms with Gasteiger partial charge in [0.15, 0.2) is 0 Å². The van der Waals surface area contributed by atoms with Crippen LogP contribution in [0.15, 0.2) is 114 Å². The van der Waals surface area contributed by atoms with Gasteiger partial charge in [0, 0.05) is 12.6 Å². The summed E-state index contributed by atoms with van der Waals surface area (Å²) in [7, 11) is -4.21. The largest absolute Gasteiger partial charge is 0.457 e. The molecule has 2 atom stereocenters. The first-order valence-electron chi connectivity index (χ1n) is 14.3. The van der Waals surface area contributed by atoms with Crippen LogP contribution in [0.25, 0.3) is 0 Å². The SMILES string of the molecule is CC[C@@H](C)NC(=O)[C@H](C)N(Cc1ccc(F)cc1)C(=O)CN(c1ccc(Oc2ccccc2)cc1)S(=O)(=O)c1ccccc1. The second-order valence-corrected chi connectivity index (χ2v) is 12.2. The van der Waals surface area contributed by atoms with Gasteiger partial charge in [-0.2, -0.15) is 0 Å². The molecule has 4 aromatic rings. The van der Waals surface area contributed by atoms with E-state index in [0.717, 1.165) is 4.31 Å². The normalized spacial score (nSPS) is 12.5. The lowest BCUT2D eigenvalue weighted by Crippen LogP contribution is -2.52. The molecule has 44 heavy (non-hydrogen) atoms. The predicted molar refractivity (Wildman–Crippen MR) is 168 cm³/mol. The summed E-state index contributed by atoms with van der Waals surface area (Å²) >= 11 is 0. The van der Waals surface area contributed by atoms with Crippen molar-refractivity contribution in [3.05, 3.63) is 121 Å². The number of para-hydroxylation sites is 1. The first-order chi connectivity index (χ1) is 21.1. The summed E-state index contributed by atoms with van der Waals surface area (Å²) in [6.45, 7) is 4.76. The average molecular weight is 618 g/mol. The van der Waals surface area contributed by atoms with Crippen molar-refractivity contribution in [3.8, 4) is 11.5 Å². The van der Waals surface area contributed by atoms with E-state index in [0.29, 0.717) is 23.5 Å². The van der Waals surface area contributed by atoms with Gasteiger partial charge in [-0.1, -0.05) is 55.5 Å². The number of nitrogens with zero attached hydrogens (tertiary/aromatic N) is 2. The van der Waals surface area contributed by atoms with Crippen LogP contribution in [0.2, 0.25) is 0 Å². The average Bonchev–Trinajstić information content (AvgIpc) is 3.04. The van der Waals surface area contributed by atoms with Crippen LogP contribution in [0.3, 0.4) is 0 Å². The highest BCUT2D eigenvalue weighted by Gasteiger charge is 2.32. The van der Waals surface area contributed by atoms with E-state index in [9.17, 15) is 22.4 Å². The van der Waals surface area contributed by atoms with Gasteiger partial charge < -0.3 is 15.0 Å². The molecule has 0 heterocycles. The molecule has 10 heteroatoms. The van der Waals surface area contributed by atoms with Crippen LogP contribution in [0.1, 0.15) is 32.8 Å². The molecule has 0 spiro atoms. The first kappa shape index (κ1) is 32.2. The molecule has 0 aliphatic rings. The van der Waals surface area contributed by atoms with Crippen LogP contribution >= 0.6 is 0 Å². The molecule has 1 N–H and O–H groups in total. The van der Waals surface area contributed by atoms with Gasteiger partial charge >= 0.3 is 0 Å². The van der Waals surface area contributed by atoms with Crippen LogP contribution in [0, 0.1) is 5.82 Å². The van der Waals surface area contributed by atoms with E-state index in [2.05, 4.69) is 5.32 Å². The Hall–Kier alpha value is -4.70. The van der Waals surface area contributed by atoms with Crippen molar-refractivity contribution < 1.29 is 27.1 Å². The number of nitrogens with one attached hydrogen (secondary N) is 1. The van der Waals surface area contributed by atoms with Crippen LogP contribution in [0.5, 0.6) is 11.5 Å². The fourth-order valence-electron chi connectivity index (χ4n) is 4.39. The molecule has 0 aromatic heterocycles. The van der Waals surface area contributed by atoms with E-state index in [-0.39, 0.29) is 29.1 Å². The topological polar surface area (TPSA) is 96.0 Å². The number of benzene rings is 4. The van der Waals surface area contributed by atoms with Gasteiger partial charge in [0.25, 0.3) is 10.0 Å². The molecule has 0 aliphatic carbocycles. The number of amides is 2. The van der Waals surface area contributed by atoms with Crippen molar-refractivity contribution >= 4 is 27.5 Å². The number of hydrogen-bond acceptors (Lipinski definition) is 5. The fourth-order valence-corrected chi connectivity index (χ4v) is 5.82. The first-order valence-corrected chi connectivity index (χ1v) is 15.8. The van der Waals surface area contributed by atoms with Gasteiger partial charge in [0.2, 0.25) is 11.8 Å². The summed E-state index contributed by atoms with van der Waals surface area (Å²) in [5.74, 6) is -0.323. The second kappa shape index (κ2) is 14.7. The van der Waals surface area contributed by atoms with E-state index in [4.69, 9.17) is 4.74 Å². The third kappa shape index (κ3) is 8.23. The van der Waals surface area contributed by atoms with Gasteiger partial charge in [0.1, 0.15) is 29.9 Å². The van der Waals surface area contributed by atoms with E-state index >= 15 is 0 Å². The molecule has 0 saturated heterocycles. The Balaban J connectivity index is 1.68. The molecule has 0 bridgehead atoms. The number of carbonyl (C=O) groups is 2. The summed E-state index contributed by atoms with van der Waals surface area (Å²) in [6.07, 6.45) is 0.692. The molecule has 230 valence electrons. The highest BCUT2D eigenvalue weighted by Crippen LogP contribution is 2.28. The quantitative estimate of drug-likeness (QED) is 0.194. The minimum absolute atomic E-state index is 0.00468. The molecule has 4 aromatic carbocycles. The van der Waals surface area contributed by atoms with E-state index in [1.165, 1.54) is 41.3 Å². The lowest BCUT2D eigenvalue weighted by Gasteiger charge is -2.32. The van der Waals surface area contributed by atoms with Crippen molar-refractivity contribution in [2.45, 2.75) is 50.7 Å². The Kier molecular flexibility index (Phi) is 10.7. The standard InChI is InChI=1S/C34H36FN3O5S/c1-4-25(2)36-34(40)26(3)37(23-27-15-17-28(35)18-16-27)33(39)24-38(44(41,42)32-13-9-6-10-14-32)29-19-21-31(22-20-29)43-30-11-7-5-8-12-30/h5-22,25-26H,4,23-24H2,1-3H3,(H,36,40)/t25-,26+/m1/s1. The van der Waals surface area contributed by atoms with Gasteiger partial charge in [0.05, 0.1) is 10.6 Å². The van der Waals surface area contributed by atoms with Crippen molar-refractivity contribution in [1.29, 1.82) is 0 Å². The molecule has 0 saturated carbocycles. The Labute approximate surface area is 258 Å². The third-order valence-electron chi connectivity index (χ3n) is 7.15. The second-order valence-electron chi connectivity index (χ2n) is 10.4. The Morgan fingerprint density at radius 1 is 0.818 bits per heavy atom. The molecule has 8 nitrogen and oxygen atoms in total. The molecular weight excluding hydrogens is 581 g/mol. The number of ether oxygens (including phenoxy) is 1. The van der Waals surface area contributed by atoms with Gasteiger partial charge in [-0.3, -0.25) is 13.9 Å². The van der Waals surface area contributed by atoms with Crippen LogP contribution in [-0.4, -0.2) is 43.8 Å². The summed E-state index contributed by atoms with van der Waals surface area (Å²) in [5, 5.41) is 2.89. The molecular formula is C34H36FN3O5S. The minimum Gasteiger partial charge on any atom is -0.457 e. The number of hydrogen-bond donors (Lipinski definition) is 1. The van der Waals surface area contributed by atoms with Crippen molar-refractivity contribution in [1.82, 2.24) is 10.2 Å². The van der Waals surface area contributed by atoms with Crippen LogP contribution < -0.4 is 14.4 Å².